The normalized spacial score (nSPS) is 13.0. The van der Waals surface area contributed by atoms with Crippen LogP contribution in [0.1, 0.15) is 41.0 Å². The van der Waals surface area contributed by atoms with Gasteiger partial charge in [-0.1, -0.05) is 20.8 Å². The zero-order chi connectivity index (χ0) is 20.2. The Hall–Kier alpha value is -2.37. The van der Waals surface area contributed by atoms with Crippen LogP contribution in [0.15, 0.2) is 40.9 Å². The average Bonchev–Trinajstić information content (AvgIpc) is 2.44. The first kappa shape index (κ1) is 21.7. The summed E-state index contributed by atoms with van der Waals surface area (Å²) in [4.78, 5) is 12.2. The lowest BCUT2D eigenvalue weighted by Gasteiger charge is -2.33. The largest absolute Gasteiger partial charge is 0.385 e. The van der Waals surface area contributed by atoms with E-state index in [1.165, 1.54) is 30.5 Å². The second kappa shape index (κ2) is 7.89. The molecule has 0 aliphatic rings. The summed E-state index contributed by atoms with van der Waals surface area (Å²) in [5.41, 5.74) is 0.0717. The minimum absolute atomic E-state index is 0.0582. The van der Waals surface area contributed by atoms with E-state index in [0.717, 1.165) is 6.42 Å². The van der Waals surface area contributed by atoms with E-state index in [1.807, 2.05) is 19.9 Å². The Labute approximate surface area is 155 Å². The fourth-order valence-corrected chi connectivity index (χ4v) is 3.23. The lowest BCUT2D eigenvalue weighted by atomic mass is 9.82. The van der Waals surface area contributed by atoms with Crippen molar-refractivity contribution in [3.63, 3.8) is 0 Å². The molecule has 0 aliphatic heterocycles. The van der Waals surface area contributed by atoms with Gasteiger partial charge in [-0.05, 0) is 49.9 Å². The molecule has 0 unspecified atom stereocenters. The molecule has 0 bridgehead atoms. The third-order valence-corrected chi connectivity index (χ3v) is 4.31. The Bertz CT molecular complexity index is 827. The van der Waals surface area contributed by atoms with Gasteiger partial charge >= 0.3 is 0 Å². The molecule has 0 fully saturated rings. The number of primary sulfonamides is 1. The summed E-state index contributed by atoms with van der Waals surface area (Å²) >= 11 is 0. The molecule has 1 aromatic carbocycles. The molecule has 0 aliphatic carbocycles. The number of sulfonamides is 1. The molecule has 0 aromatic heterocycles. The number of benzene rings is 1. The van der Waals surface area contributed by atoms with Crippen molar-refractivity contribution in [2.75, 3.05) is 5.32 Å². The Morgan fingerprint density at radius 2 is 1.73 bits per heavy atom. The smallest absolute Gasteiger partial charge is 0.267 e. The molecule has 0 heterocycles. The van der Waals surface area contributed by atoms with Crippen LogP contribution in [-0.4, -0.2) is 19.9 Å². The van der Waals surface area contributed by atoms with Crippen molar-refractivity contribution in [1.82, 2.24) is 5.32 Å². The van der Waals surface area contributed by atoms with Crippen LogP contribution in [0, 0.1) is 16.7 Å². The van der Waals surface area contributed by atoms with Gasteiger partial charge in [0.15, 0.2) is 0 Å². The molecule has 0 saturated heterocycles. The van der Waals surface area contributed by atoms with E-state index in [0.29, 0.717) is 5.69 Å². The van der Waals surface area contributed by atoms with Crippen molar-refractivity contribution >= 4 is 21.6 Å². The summed E-state index contributed by atoms with van der Waals surface area (Å²) < 4.78 is 22.5. The van der Waals surface area contributed by atoms with Gasteiger partial charge in [0.1, 0.15) is 11.6 Å². The number of nitrogens with two attached hydrogens (primary N) is 1. The Morgan fingerprint density at radius 1 is 1.19 bits per heavy atom. The first-order valence-corrected chi connectivity index (χ1v) is 9.60. The van der Waals surface area contributed by atoms with Gasteiger partial charge in [0.05, 0.1) is 4.90 Å². The first-order chi connectivity index (χ1) is 11.7. The van der Waals surface area contributed by atoms with Crippen LogP contribution in [0.25, 0.3) is 0 Å². The first-order valence-electron chi connectivity index (χ1n) is 8.06. The molecule has 1 aromatic rings. The van der Waals surface area contributed by atoms with Crippen molar-refractivity contribution in [2.45, 2.75) is 51.5 Å². The fraction of sp³-hybridized carbons (Fsp3) is 0.444. The predicted octanol–water partition coefficient (Wildman–Crippen LogP) is 2.48. The van der Waals surface area contributed by atoms with Crippen LogP contribution in [0.5, 0.6) is 0 Å². The van der Waals surface area contributed by atoms with Gasteiger partial charge in [-0.15, -0.1) is 0 Å². The van der Waals surface area contributed by atoms with Gasteiger partial charge in [0.25, 0.3) is 5.91 Å². The number of hydrogen-bond donors (Lipinski definition) is 3. The lowest BCUT2D eigenvalue weighted by Crippen LogP contribution is -2.39. The summed E-state index contributed by atoms with van der Waals surface area (Å²) in [6.45, 7) is 10.3. The summed E-state index contributed by atoms with van der Waals surface area (Å²) in [6.07, 6.45) is 2.24. The van der Waals surface area contributed by atoms with E-state index < -0.39 is 15.9 Å². The average molecular weight is 378 g/mol. The second-order valence-electron chi connectivity index (χ2n) is 7.96. The molecule has 1 rings (SSSR count). The molecule has 0 atom stereocenters. The Morgan fingerprint density at radius 3 is 2.15 bits per heavy atom. The van der Waals surface area contributed by atoms with Gasteiger partial charge < -0.3 is 10.6 Å². The third kappa shape index (κ3) is 7.25. The van der Waals surface area contributed by atoms with Gasteiger partial charge in [-0.25, -0.2) is 13.6 Å². The molecule has 26 heavy (non-hydrogen) atoms. The van der Waals surface area contributed by atoms with Gasteiger partial charge in [0.2, 0.25) is 10.0 Å². The van der Waals surface area contributed by atoms with E-state index in [-0.39, 0.29) is 21.4 Å². The highest BCUT2D eigenvalue weighted by Gasteiger charge is 2.24. The number of nitriles is 1. The van der Waals surface area contributed by atoms with Crippen molar-refractivity contribution in [1.29, 1.82) is 5.26 Å². The van der Waals surface area contributed by atoms with Crippen molar-refractivity contribution < 1.29 is 13.2 Å². The molecule has 4 N–H and O–H groups in total. The molecule has 8 heteroatoms. The van der Waals surface area contributed by atoms with Crippen LogP contribution in [-0.2, 0) is 14.8 Å². The maximum absolute atomic E-state index is 12.2. The maximum atomic E-state index is 12.2. The highest BCUT2D eigenvalue weighted by Crippen LogP contribution is 2.26. The van der Waals surface area contributed by atoms with Crippen molar-refractivity contribution in [3.05, 3.63) is 36.0 Å². The molecule has 0 spiro atoms. The van der Waals surface area contributed by atoms with Crippen LogP contribution >= 0.6 is 0 Å². The Balaban J connectivity index is 2.85. The molecular formula is C18H26N4O3S. The van der Waals surface area contributed by atoms with Gasteiger partial charge in [-0.3, -0.25) is 4.79 Å². The quantitative estimate of drug-likeness (QED) is 0.518. The van der Waals surface area contributed by atoms with Crippen LogP contribution in [0.4, 0.5) is 5.69 Å². The molecule has 0 radical (unpaired) electrons. The Kier molecular flexibility index (Phi) is 6.58. The van der Waals surface area contributed by atoms with Gasteiger partial charge in [0, 0.05) is 17.4 Å². The third-order valence-electron chi connectivity index (χ3n) is 3.39. The number of nitrogens with one attached hydrogen (secondary N) is 2. The topological polar surface area (TPSA) is 125 Å². The zero-order valence-corrected chi connectivity index (χ0v) is 16.6. The standard InChI is InChI=1S/C18H26N4O3S/c1-17(2,3)12-18(4,5)21-11-13(10-19)16(23)22-14-6-8-15(9-7-14)26(20,24)25/h6-9,11,21H,12H2,1-5H3,(H,22,23)(H2,20,24,25)/b13-11-. The summed E-state index contributed by atoms with van der Waals surface area (Å²) in [5, 5.41) is 19.9. The second-order valence-corrected chi connectivity index (χ2v) is 9.52. The van der Waals surface area contributed by atoms with Crippen LogP contribution in [0.3, 0.4) is 0 Å². The molecule has 142 valence electrons. The fourth-order valence-electron chi connectivity index (χ4n) is 2.72. The number of amides is 1. The SMILES string of the molecule is CC(C)(C)CC(C)(C)N/C=C(/C#N)C(=O)Nc1ccc(S(N)(=O)=O)cc1. The highest BCUT2D eigenvalue weighted by atomic mass is 32.2. The van der Waals surface area contributed by atoms with E-state index in [4.69, 9.17) is 5.14 Å². The van der Waals surface area contributed by atoms with Crippen LogP contribution in [0.2, 0.25) is 0 Å². The maximum Gasteiger partial charge on any atom is 0.267 e. The molecule has 0 saturated carbocycles. The highest BCUT2D eigenvalue weighted by molar-refractivity contribution is 7.89. The van der Waals surface area contributed by atoms with E-state index >= 15 is 0 Å². The van der Waals surface area contributed by atoms with Crippen molar-refractivity contribution in [3.8, 4) is 6.07 Å². The summed E-state index contributed by atoms with van der Waals surface area (Å²) in [5.74, 6) is -0.588. The number of hydrogen-bond acceptors (Lipinski definition) is 5. The summed E-state index contributed by atoms with van der Waals surface area (Å²) in [7, 11) is -3.80. The lowest BCUT2D eigenvalue weighted by molar-refractivity contribution is -0.112. The number of carbonyl (C=O) groups is 1. The number of anilines is 1. The molecular weight excluding hydrogens is 352 g/mol. The summed E-state index contributed by atoms with van der Waals surface area (Å²) in [6, 6.07) is 7.24. The van der Waals surface area contributed by atoms with Gasteiger partial charge in [-0.2, -0.15) is 5.26 Å². The predicted molar refractivity (Wildman–Crippen MR) is 101 cm³/mol. The number of rotatable bonds is 6. The van der Waals surface area contributed by atoms with E-state index in [9.17, 15) is 18.5 Å². The molecule has 7 nitrogen and oxygen atoms in total. The number of nitrogens with zero attached hydrogens (tertiary/aromatic N) is 1. The zero-order valence-electron chi connectivity index (χ0n) is 15.8. The minimum Gasteiger partial charge on any atom is -0.385 e. The van der Waals surface area contributed by atoms with E-state index in [2.05, 4.69) is 31.4 Å². The van der Waals surface area contributed by atoms with Crippen molar-refractivity contribution in [2.24, 2.45) is 10.6 Å². The molecule has 1 amide bonds. The number of carbonyl (C=O) groups excluding carboxylic acids is 1. The minimum atomic E-state index is -3.80. The van der Waals surface area contributed by atoms with Crippen LogP contribution < -0.4 is 15.8 Å². The van der Waals surface area contributed by atoms with E-state index in [1.54, 1.807) is 0 Å². The monoisotopic (exact) mass is 378 g/mol.